The van der Waals surface area contributed by atoms with Crippen LogP contribution in [0.3, 0.4) is 0 Å². The van der Waals surface area contributed by atoms with E-state index >= 15 is 0 Å². The Hall–Kier alpha value is -1.52. The minimum Gasteiger partial charge on any atom is -0.479 e. The Labute approximate surface area is 120 Å². The molecule has 2 N–H and O–H groups in total. The zero-order chi connectivity index (χ0) is 15.4. The van der Waals surface area contributed by atoms with Crippen molar-refractivity contribution in [3.8, 4) is 0 Å². The molecule has 1 amide bonds. The highest BCUT2D eigenvalue weighted by molar-refractivity contribution is 5.88. The van der Waals surface area contributed by atoms with Crippen LogP contribution in [0.25, 0.3) is 0 Å². The van der Waals surface area contributed by atoms with Gasteiger partial charge in [0.25, 0.3) is 0 Å². The second-order valence-electron chi connectivity index (χ2n) is 6.38. The zero-order valence-electron chi connectivity index (χ0n) is 12.6. The topological polar surface area (TPSA) is 75.6 Å². The highest BCUT2D eigenvalue weighted by Crippen LogP contribution is 2.47. The van der Waals surface area contributed by atoms with E-state index in [1.807, 2.05) is 6.08 Å². The van der Waals surface area contributed by atoms with Gasteiger partial charge in [0.05, 0.1) is 0 Å². The minimum atomic E-state index is -1.13. The fourth-order valence-corrected chi connectivity index (χ4v) is 2.31. The lowest BCUT2D eigenvalue weighted by molar-refractivity contribution is -0.141. The summed E-state index contributed by atoms with van der Waals surface area (Å²) in [5.41, 5.74) is -1.76. The number of carboxylic acids is 1. The third-order valence-electron chi connectivity index (χ3n) is 3.42. The summed E-state index contributed by atoms with van der Waals surface area (Å²) in [7, 11) is 0. The molecule has 0 aromatic carbocycles. The van der Waals surface area contributed by atoms with Gasteiger partial charge in [-0.2, -0.15) is 0 Å². The average Bonchev–Trinajstić information content (AvgIpc) is 2.96. The van der Waals surface area contributed by atoms with Gasteiger partial charge < -0.3 is 15.2 Å². The van der Waals surface area contributed by atoms with Crippen molar-refractivity contribution in [2.24, 2.45) is 5.92 Å². The molecule has 1 aliphatic carbocycles. The summed E-state index contributed by atoms with van der Waals surface area (Å²) >= 11 is 0. The fourth-order valence-electron chi connectivity index (χ4n) is 2.31. The van der Waals surface area contributed by atoms with Crippen LogP contribution in [-0.4, -0.2) is 28.3 Å². The Morgan fingerprint density at radius 3 is 2.60 bits per heavy atom. The summed E-state index contributed by atoms with van der Waals surface area (Å²) in [5, 5.41) is 11.9. The first-order valence-corrected chi connectivity index (χ1v) is 7.07. The molecule has 0 bridgehead atoms. The molecule has 1 saturated carbocycles. The number of carbonyl (C=O) groups is 2. The molecule has 0 radical (unpaired) electrons. The van der Waals surface area contributed by atoms with Gasteiger partial charge in [-0.15, -0.1) is 6.58 Å². The molecule has 0 aliphatic heterocycles. The number of carbonyl (C=O) groups excluding carboxylic acids is 1. The summed E-state index contributed by atoms with van der Waals surface area (Å²) < 4.78 is 5.13. The quantitative estimate of drug-likeness (QED) is 0.556. The monoisotopic (exact) mass is 283 g/mol. The molecule has 114 valence electrons. The van der Waals surface area contributed by atoms with Crippen molar-refractivity contribution >= 4 is 12.1 Å². The van der Waals surface area contributed by atoms with Gasteiger partial charge in [-0.3, -0.25) is 0 Å². The maximum atomic E-state index is 11.7. The second-order valence-corrected chi connectivity index (χ2v) is 6.38. The van der Waals surface area contributed by atoms with Crippen LogP contribution in [0.1, 0.15) is 52.9 Å². The average molecular weight is 283 g/mol. The fraction of sp³-hybridized carbons (Fsp3) is 0.733. The van der Waals surface area contributed by atoms with Crippen LogP contribution in [-0.2, 0) is 9.53 Å². The molecule has 5 nitrogen and oxygen atoms in total. The SMILES string of the molecule is C=CCCCC[C@@H]1C[C@]1(NC(=O)OC(C)(C)C)C(=O)O. The lowest BCUT2D eigenvalue weighted by Gasteiger charge is -2.22. The number of hydrogen-bond acceptors (Lipinski definition) is 3. The van der Waals surface area contributed by atoms with Crippen LogP contribution in [0.4, 0.5) is 4.79 Å². The summed E-state index contributed by atoms with van der Waals surface area (Å²) in [6.07, 6.45) is 5.37. The number of aliphatic carboxylic acids is 1. The molecule has 20 heavy (non-hydrogen) atoms. The maximum Gasteiger partial charge on any atom is 0.408 e. The van der Waals surface area contributed by atoms with Crippen LogP contribution in [0, 0.1) is 5.92 Å². The van der Waals surface area contributed by atoms with E-state index in [0.29, 0.717) is 6.42 Å². The van der Waals surface area contributed by atoms with Crippen molar-refractivity contribution in [2.45, 2.75) is 64.0 Å². The molecule has 0 aromatic rings. The Bertz CT molecular complexity index is 386. The molecule has 0 unspecified atom stereocenters. The second kappa shape index (κ2) is 6.29. The van der Waals surface area contributed by atoms with Crippen LogP contribution >= 0.6 is 0 Å². The third-order valence-corrected chi connectivity index (χ3v) is 3.42. The zero-order valence-corrected chi connectivity index (χ0v) is 12.6. The smallest absolute Gasteiger partial charge is 0.408 e. The van der Waals surface area contributed by atoms with Gasteiger partial charge in [0.2, 0.25) is 0 Å². The van der Waals surface area contributed by atoms with E-state index in [1.54, 1.807) is 20.8 Å². The van der Waals surface area contributed by atoms with E-state index in [-0.39, 0.29) is 5.92 Å². The van der Waals surface area contributed by atoms with Gasteiger partial charge in [0.15, 0.2) is 0 Å². The number of nitrogens with one attached hydrogen (secondary N) is 1. The number of amides is 1. The molecule has 1 aliphatic rings. The van der Waals surface area contributed by atoms with Crippen molar-refractivity contribution in [3.05, 3.63) is 12.7 Å². The molecule has 0 heterocycles. The Kier molecular flexibility index (Phi) is 5.20. The van der Waals surface area contributed by atoms with E-state index in [4.69, 9.17) is 4.74 Å². The molecule has 0 aromatic heterocycles. The number of ether oxygens (including phenoxy) is 1. The Morgan fingerprint density at radius 2 is 2.10 bits per heavy atom. The summed E-state index contributed by atoms with van der Waals surface area (Å²) in [5.74, 6) is -0.977. The largest absolute Gasteiger partial charge is 0.479 e. The van der Waals surface area contributed by atoms with Crippen LogP contribution < -0.4 is 5.32 Å². The van der Waals surface area contributed by atoms with E-state index < -0.39 is 23.2 Å². The van der Waals surface area contributed by atoms with Gasteiger partial charge in [-0.1, -0.05) is 12.5 Å². The Morgan fingerprint density at radius 1 is 1.45 bits per heavy atom. The third kappa shape index (κ3) is 4.54. The van der Waals surface area contributed by atoms with Gasteiger partial charge >= 0.3 is 12.1 Å². The highest BCUT2D eigenvalue weighted by atomic mass is 16.6. The van der Waals surface area contributed by atoms with Crippen molar-refractivity contribution in [1.29, 1.82) is 0 Å². The van der Waals surface area contributed by atoms with E-state index in [0.717, 1.165) is 25.7 Å². The van der Waals surface area contributed by atoms with Crippen molar-refractivity contribution < 1.29 is 19.4 Å². The normalized spacial score (nSPS) is 24.9. The lowest BCUT2D eigenvalue weighted by atomic mass is 10.1. The molecule has 0 saturated heterocycles. The lowest BCUT2D eigenvalue weighted by Crippen LogP contribution is -2.47. The number of hydrogen-bond donors (Lipinski definition) is 2. The number of rotatable bonds is 7. The summed E-state index contributed by atoms with van der Waals surface area (Å²) in [6.45, 7) is 8.90. The number of allylic oxidation sites excluding steroid dienone is 1. The van der Waals surface area contributed by atoms with Gasteiger partial charge in [-0.25, -0.2) is 9.59 Å². The van der Waals surface area contributed by atoms with Crippen molar-refractivity contribution in [1.82, 2.24) is 5.32 Å². The van der Waals surface area contributed by atoms with Gasteiger partial charge in [0.1, 0.15) is 11.1 Å². The van der Waals surface area contributed by atoms with E-state index in [9.17, 15) is 14.7 Å². The molecule has 2 atom stereocenters. The highest BCUT2D eigenvalue weighted by Gasteiger charge is 2.61. The minimum absolute atomic E-state index is 0.00247. The molecule has 1 rings (SSSR count). The number of unbranched alkanes of at least 4 members (excludes halogenated alkanes) is 2. The van der Waals surface area contributed by atoms with Gasteiger partial charge in [-0.05, 0) is 52.4 Å². The summed E-state index contributed by atoms with van der Waals surface area (Å²) in [4.78, 5) is 23.1. The van der Waals surface area contributed by atoms with E-state index in [1.165, 1.54) is 0 Å². The number of carboxylic acid groups (broad SMARTS) is 1. The van der Waals surface area contributed by atoms with Crippen molar-refractivity contribution in [3.63, 3.8) is 0 Å². The Balaban J connectivity index is 2.48. The predicted molar refractivity (Wildman–Crippen MR) is 76.5 cm³/mol. The van der Waals surface area contributed by atoms with Crippen LogP contribution in [0.2, 0.25) is 0 Å². The first-order chi connectivity index (χ1) is 9.21. The first-order valence-electron chi connectivity index (χ1n) is 7.07. The van der Waals surface area contributed by atoms with E-state index in [2.05, 4.69) is 11.9 Å². The molecular formula is C15H25NO4. The molecule has 5 heteroatoms. The van der Waals surface area contributed by atoms with Crippen molar-refractivity contribution in [2.75, 3.05) is 0 Å². The van der Waals surface area contributed by atoms with Crippen LogP contribution in [0.5, 0.6) is 0 Å². The number of alkyl carbamates (subject to hydrolysis) is 1. The van der Waals surface area contributed by atoms with Gasteiger partial charge in [0, 0.05) is 0 Å². The molecule has 1 fully saturated rings. The first kappa shape index (κ1) is 16.5. The predicted octanol–water partition coefficient (Wildman–Crippen LogP) is 3.10. The maximum absolute atomic E-state index is 11.7. The van der Waals surface area contributed by atoms with Crippen LogP contribution in [0.15, 0.2) is 12.7 Å². The standard InChI is InChI=1S/C15H25NO4/c1-5-6-7-8-9-11-10-15(11,12(17)18)16-13(19)20-14(2,3)4/h5,11H,1,6-10H2,2-4H3,(H,16,19)(H,17,18)/t11-,15-/m1/s1. The summed E-state index contributed by atoms with van der Waals surface area (Å²) in [6, 6.07) is 0. The molecule has 0 spiro atoms. The molecular weight excluding hydrogens is 258 g/mol.